The van der Waals surface area contributed by atoms with E-state index in [0.717, 1.165) is 16.8 Å². The summed E-state index contributed by atoms with van der Waals surface area (Å²) < 4.78 is 10.5. The summed E-state index contributed by atoms with van der Waals surface area (Å²) in [6.45, 7) is 2.66. The van der Waals surface area contributed by atoms with Gasteiger partial charge in [-0.05, 0) is 24.1 Å². The molecule has 5 heteroatoms. The fraction of sp³-hybridized carbons (Fsp3) is 0.267. The summed E-state index contributed by atoms with van der Waals surface area (Å²) in [6, 6.07) is 5.64. The van der Waals surface area contributed by atoms with Gasteiger partial charge in [-0.15, -0.1) is 0 Å². The van der Waals surface area contributed by atoms with Crippen LogP contribution in [0, 0.1) is 6.92 Å². The number of benzene rings is 1. The van der Waals surface area contributed by atoms with Gasteiger partial charge in [0.05, 0.1) is 24.9 Å². The van der Waals surface area contributed by atoms with Crippen molar-refractivity contribution in [2.45, 2.75) is 13.5 Å². The van der Waals surface area contributed by atoms with Crippen molar-refractivity contribution in [1.29, 1.82) is 0 Å². The first-order valence-corrected chi connectivity index (χ1v) is 6.57. The standard InChI is InChI=1S/C15H17ClN2O2/c1-10-4-11(8-17-7-10)9-18-13-5-12(16)14(19-2)6-15(13)20-3/h4-8,18H,9H2,1-3H3. The van der Waals surface area contributed by atoms with Gasteiger partial charge in [-0.2, -0.15) is 0 Å². The SMILES string of the molecule is COc1cc(OC)c(NCc2cncc(C)c2)cc1Cl. The van der Waals surface area contributed by atoms with Gasteiger partial charge in [0, 0.05) is 25.0 Å². The van der Waals surface area contributed by atoms with Crippen LogP contribution in [0.2, 0.25) is 5.02 Å². The molecule has 0 spiro atoms. The van der Waals surface area contributed by atoms with Crippen LogP contribution in [0.25, 0.3) is 0 Å². The Balaban J connectivity index is 2.18. The van der Waals surface area contributed by atoms with Crippen LogP contribution >= 0.6 is 11.6 Å². The lowest BCUT2D eigenvalue weighted by Gasteiger charge is -2.14. The topological polar surface area (TPSA) is 43.4 Å². The third-order valence-corrected chi connectivity index (χ3v) is 3.18. The average Bonchev–Trinajstić information content (AvgIpc) is 2.45. The quantitative estimate of drug-likeness (QED) is 0.913. The largest absolute Gasteiger partial charge is 0.495 e. The number of pyridine rings is 1. The number of ether oxygens (including phenoxy) is 2. The molecule has 1 heterocycles. The first-order chi connectivity index (χ1) is 9.63. The van der Waals surface area contributed by atoms with Crippen LogP contribution in [-0.2, 0) is 6.54 Å². The Labute approximate surface area is 123 Å². The number of hydrogen-bond acceptors (Lipinski definition) is 4. The van der Waals surface area contributed by atoms with Gasteiger partial charge >= 0.3 is 0 Å². The summed E-state index contributed by atoms with van der Waals surface area (Å²) >= 11 is 6.13. The van der Waals surface area contributed by atoms with Crippen molar-refractivity contribution in [3.8, 4) is 11.5 Å². The highest BCUT2D eigenvalue weighted by molar-refractivity contribution is 6.32. The van der Waals surface area contributed by atoms with E-state index in [1.165, 1.54) is 0 Å². The molecule has 0 unspecified atom stereocenters. The van der Waals surface area contributed by atoms with Crippen molar-refractivity contribution < 1.29 is 9.47 Å². The Kier molecular flexibility index (Phi) is 4.69. The fourth-order valence-electron chi connectivity index (χ4n) is 1.91. The molecule has 0 aliphatic carbocycles. The number of aryl methyl sites for hydroxylation is 1. The van der Waals surface area contributed by atoms with E-state index in [0.29, 0.717) is 23.1 Å². The molecule has 0 aliphatic heterocycles. The lowest BCUT2D eigenvalue weighted by atomic mass is 10.2. The molecule has 0 fully saturated rings. The monoisotopic (exact) mass is 292 g/mol. The molecule has 0 atom stereocenters. The van der Waals surface area contributed by atoms with Crippen LogP contribution in [0.3, 0.4) is 0 Å². The van der Waals surface area contributed by atoms with Crippen molar-refractivity contribution in [1.82, 2.24) is 4.98 Å². The van der Waals surface area contributed by atoms with Gasteiger partial charge in [-0.1, -0.05) is 17.7 Å². The average molecular weight is 293 g/mol. The molecule has 106 valence electrons. The Morgan fingerprint density at radius 3 is 2.50 bits per heavy atom. The van der Waals surface area contributed by atoms with E-state index in [1.54, 1.807) is 26.4 Å². The molecule has 1 aromatic heterocycles. The van der Waals surface area contributed by atoms with Gasteiger partial charge in [-0.25, -0.2) is 0 Å². The minimum atomic E-state index is 0.540. The first-order valence-electron chi connectivity index (χ1n) is 6.20. The molecule has 2 rings (SSSR count). The number of aromatic nitrogens is 1. The number of hydrogen-bond donors (Lipinski definition) is 1. The number of methoxy groups -OCH3 is 2. The van der Waals surface area contributed by atoms with Crippen LogP contribution in [0.5, 0.6) is 11.5 Å². The molecular weight excluding hydrogens is 276 g/mol. The minimum absolute atomic E-state index is 0.540. The van der Waals surface area contributed by atoms with Gasteiger partial charge in [0.2, 0.25) is 0 Å². The third-order valence-electron chi connectivity index (χ3n) is 2.89. The third kappa shape index (κ3) is 3.33. The normalized spacial score (nSPS) is 10.2. The summed E-state index contributed by atoms with van der Waals surface area (Å²) in [7, 11) is 3.19. The van der Waals surface area contributed by atoms with E-state index in [2.05, 4.69) is 16.4 Å². The summed E-state index contributed by atoms with van der Waals surface area (Å²) in [5.74, 6) is 1.28. The van der Waals surface area contributed by atoms with Gasteiger partial charge in [0.15, 0.2) is 0 Å². The molecule has 0 radical (unpaired) electrons. The maximum Gasteiger partial charge on any atom is 0.145 e. The maximum atomic E-state index is 6.13. The zero-order valence-electron chi connectivity index (χ0n) is 11.7. The number of nitrogens with zero attached hydrogens (tertiary/aromatic N) is 1. The van der Waals surface area contributed by atoms with E-state index in [1.807, 2.05) is 19.3 Å². The van der Waals surface area contributed by atoms with Crippen molar-refractivity contribution in [2.75, 3.05) is 19.5 Å². The molecule has 0 saturated carbocycles. The minimum Gasteiger partial charge on any atom is -0.495 e. The molecule has 0 amide bonds. The van der Waals surface area contributed by atoms with Crippen molar-refractivity contribution in [3.05, 3.63) is 46.7 Å². The molecule has 0 bridgehead atoms. The Morgan fingerprint density at radius 2 is 1.85 bits per heavy atom. The molecular formula is C15H17ClN2O2. The molecule has 1 aromatic carbocycles. The first kappa shape index (κ1) is 14.5. The van der Waals surface area contributed by atoms with E-state index in [4.69, 9.17) is 21.1 Å². The predicted octanol–water partition coefficient (Wildman–Crippen LogP) is 3.67. The maximum absolute atomic E-state index is 6.13. The second kappa shape index (κ2) is 6.48. The van der Waals surface area contributed by atoms with Crippen molar-refractivity contribution in [2.24, 2.45) is 0 Å². The lowest BCUT2D eigenvalue weighted by molar-refractivity contribution is 0.395. The van der Waals surface area contributed by atoms with Crippen LogP contribution in [0.15, 0.2) is 30.6 Å². The van der Waals surface area contributed by atoms with Gasteiger partial charge in [0.1, 0.15) is 11.5 Å². The molecule has 0 saturated heterocycles. The van der Waals surface area contributed by atoms with E-state index >= 15 is 0 Å². The Hall–Kier alpha value is -1.94. The molecule has 1 N–H and O–H groups in total. The van der Waals surface area contributed by atoms with Gasteiger partial charge < -0.3 is 14.8 Å². The van der Waals surface area contributed by atoms with Gasteiger partial charge in [0.25, 0.3) is 0 Å². The Morgan fingerprint density at radius 1 is 1.10 bits per heavy atom. The van der Waals surface area contributed by atoms with E-state index in [-0.39, 0.29) is 0 Å². The lowest BCUT2D eigenvalue weighted by Crippen LogP contribution is -2.02. The highest BCUT2D eigenvalue weighted by Gasteiger charge is 2.09. The molecule has 20 heavy (non-hydrogen) atoms. The second-order valence-electron chi connectivity index (χ2n) is 4.41. The summed E-state index contributed by atoms with van der Waals surface area (Å²) in [4.78, 5) is 4.17. The molecule has 4 nitrogen and oxygen atoms in total. The number of rotatable bonds is 5. The molecule has 2 aromatic rings. The van der Waals surface area contributed by atoms with Gasteiger partial charge in [-0.3, -0.25) is 4.98 Å². The summed E-state index contributed by atoms with van der Waals surface area (Å²) in [5.41, 5.74) is 3.04. The van der Waals surface area contributed by atoms with Crippen LogP contribution in [0.1, 0.15) is 11.1 Å². The summed E-state index contributed by atoms with van der Waals surface area (Å²) in [5, 5.41) is 3.83. The predicted molar refractivity (Wildman–Crippen MR) is 80.9 cm³/mol. The zero-order valence-corrected chi connectivity index (χ0v) is 12.5. The fourth-order valence-corrected chi connectivity index (χ4v) is 2.15. The number of anilines is 1. The zero-order chi connectivity index (χ0) is 14.5. The van der Waals surface area contributed by atoms with Crippen LogP contribution in [-0.4, -0.2) is 19.2 Å². The van der Waals surface area contributed by atoms with E-state index in [9.17, 15) is 0 Å². The second-order valence-corrected chi connectivity index (χ2v) is 4.82. The number of halogens is 1. The Bertz CT molecular complexity index is 602. The van der Waals surface area contributed by atoms with E-state index < -0.39 is 0 Å². The van der Waals surface area contributed by atoms with Crippen LogP contribution < -0.4 is 14.8 Å². The van der Waals surface area contributed by atoms with Crippen molar-refractivity contribution >= 4 is 17.3 Å². The smallest absolute Gasteiger partial charge is 0.145 e. The highest BCUT2D eigenvalue weighted by atomic mass is 35.5. The number of nitrogens with one attached hydrogen (secondary N) is 1. The van der Waals surface area contributed by atoms with Crippen molar-refractivity contribution in [3.63, 3.8) is 0 Å². The highest BCUT2D eigenvalue weighted by Crippen LogP contribution is 2.36. The molecule has 0 aliphatic rings. The van der Waals surface area contributed by atoms with Crippen LogP contribution in [0.4, 0.5) is 5.69 Å². The summed E-state index contributed by atoms with van der Waals surface area (Å²) in [6.07, 6.45) is 3.66.